The Kier molecular flexibility index (Phi) is 4.74. The maximum atomic E-state index is 11.5. The number of thiazole rings is 1. The zero-order valence-electron chi connectivity index (χ0n) is 14.6. The van der Waals surface area contributed by atoms with E-state index in [0.29, 0.717) is 11.6 Å². The van der Waals surface area contributed by atoms with Crippen LogP contribution in [0.5, 0.6) is 5.75 Å². The molecule has 27 heavy (non-hydrogen) atoms. The fraction of sp³-hybridized carbons (Fsp3) is 0.211. The van der Waals surface area contributed by atoms with Crippen molar-refractivity contribution in [2.45, 2.75) is 12.8 Å². The van der Waals surface area contributed by atoms with Gasteiger partial charge in [0.05, 0.1) is 28.7 Å². The highest BCUT2D eigenvalue weighted by Crippen LogP contribution is 2.27. The van der Waals surface area contributed by atoms with Gasteiger partial charge in [-0.25, -0.2) is 9.67 Å². The molecule has 138 valence electrons. The van der Waals surface area contributed by atoms with Crippen LogP contribution in [0, 0.1) is 0 Å². The Bertz CT molecular complexity index is 1110. The number of H-pyrrole nitrogens is 1. The standard InChI is InChI=1S/C19H18N4O3S/c1-12(13-2-4-16-17(10-13)27-19(25)21-16)15-6-7-23(22-15)18-5-3-14(11-20-18)26-9-8-24/h2-7,10-12,24H,8-9H2,1H3,(H,21,25). The quantitative estimate of drug-likeness (QED) is 0.535. The number of fused-ring (bicyclic) bond motifs is 1. The topological polar surface area (TPSA) is 93.0 Å². The van der Waals surface area contributed by atoms with Gasteiger partial charge in [-0.15, -0.1) is 0 Å². The third-order valence-corrected chi connectivity index (χ3v) is 5.16. The van der Waals surface area contributed by atoms with Crippen LogP contribution in [0.4, 0.5) is 0 Å². The summed E-state index contributed by atoms with van der Waals surface area (Å²) in [6.45, 7) is 2.29. The van der Waals surface area contributed by atoms with Crippen molar-refractivity contribution in [3.05, 3.63) is 69.7 Å². The van der Waals surface area contributed by atoms with Crippen molar-refractivity contribution in [1.82, 2.24) is 19.7 Å². The Labute approximate surface area is 158 Å². The molecule has 1 aromatic carbocycles. The summed E-state index contributed by atoms with van der Waals surface area (Å²) in [4.78, 5) is 18.6. The highest BCUT2D eigenvalue weighted by molar-refractivity contribution is 7.16. The second-order valence-corrected chi connectivity index (χ2v) is 7.12. The van der Waals surface area contributed by atoms with E-state index in [1.165, 1.54) is 11.3 Å². The first-order chi connectivity index (χ1) is 13.1. The normalized spacial score (nSPS) is 12.4. The van der Waals surface area contributed by atoms with Gasteiger partial charge in [-0.1, -0.05) is 24.3 Å². The van der Waals surface area contributed by atoms with Crippen LogP contribution >= 0.6 is 11.3 Å². The number of nitrogens with one attached hydrogen (secondary N) is 1. The second-order valence-electron chi connectivity index (χ2n) is 6.10. The molecule has 0 aliphatic rings. The summed E-state index contributed by atoms with van der Waals surface area (Å²) in [7, 11) is 0. The molecule has 0 saturated carbocycles. The molecule has 0 spiro atoms. The minimum Gasteiger partial charge on any atom is -0.490 e. The number of rotatable bonds is 6. The van der Waals surface area contributed by atoms with Gasteiger partial charge in [-0.2, -0.15) is 5.10 Å². The maximum Gasteiger partial charge on any atom is 0.305 e. The van der Waals surface area contributed by atoms with Crippen LogP contribution in [0.3, 0.4) is 0 Å². The van der Waals surface area contributed by atoms with E-state index in [1.807, 2.05) is 36.5 Å². The van der Waals surface area contributed by atoms with E-state index in [0.717, 1.165) is 21.5 Å². The first kappa shape index (κ1) is 17.4. The number of hydrogen-bond acceptors (Lipinski definition) is 6. The second kappa shape index (κ2) is 7.34. The predicted octanol–water partition coefficient (Wildman–Crippen LogP) is 2.69. The van der Waals surface area contributed by atoms with Crippen LogP contribution in [0.1, 0.15) is 24.1 Å². The van der Waals surface area contributed by atoms with Gasteiger partial charge in [0.25, 0.3) is 0 Å². The van der Waals surface area contributed by atoms with E-state index in [-0.39, 0.29) is 24.0 Å². The average Bonchev–Trinajstić information content (AvgIpc) is 3.31. The first-order valence-corrected chi connectivity index (χ1v) is 9.34. The van der Waals surface area contributed by atoms with Gasteiger partial charge in [0.15, 0.2) is 5.82 Å². The number of aliphatic hydroxyl groups excluding tert-OH is 1. The maximum absolute atomic E-state index is 11.5. The number of benzene rings is 1. The van der Waals surface area contributed by atoms with Crippen molar-refractivity contribution in [2.75, 3.05) is 13.2 Å². The summed E-state index contributed by atoms with van der Waals surface area (Å²) in [6.07, 6.45) is 3.48. The molecule has 1 unspecified atom stereocenters. The lowest BCUT2D eigenvalue weighted by atomic mass is 9.98. The number of ether oxygens (including phenoxy) is 1. The Morgan fingerprint density at radius 1 is 1.30 bits per heavy atom. The van der Waals surface area contributed by atoms with Crippen LogP contribution in [-0.2, 0) is 0 Å². The first-order valence-electron chi connectivity index (χ1n) is 8.52. The van der Waals surface area contributed by atoms with Crippen LogP contribution in [0.25, 0.3) is 16.0 Å². The summed E-state index contributed by atoms with van der Waals surface area (Å²) >= 11 is 1.21. The molecule has 4 aromatic rings. The molecule has 0 radical (unpaired) electrons. The van der Waals surface area contributed by atoms with Crippen LogP contribution in [0.15, 0.2) is 53.6 Å². The van der Waals surface area contributed by atoms with Crippen molar-refractivity contribution in [2.24, 2.45) is 0 Å². The number of aromatic amines is 1. The lowest BCUT2D eigenvalue weighted by Crippen LogP contribution is -2.04. The van der Waals surface area contributed by atoms with E-state index in [4.69, 9.17) is 9.84 Å². The van der Waals surface area contributed by atoms with Crippen molar-refractivity contribution in [3.8, 4) is 11.6 Å². The SMILES string of the molecule is CC(c1ccc2[nH]c(=O)sc2c1)c1ccn(-c2ccc(OCCO)cn2)n1. The van der Waals surface area contributed by atoms with E-state index in [9.17, 15) is 4.79 Å². The van der Waals surface area contributed by atoms with Crippen LogP contribution in [0.2, 0.25) is 0 Å². The Morgan fingerprint density at radius 3 is 2.96 bits per heavy atom. The average molecular weight is 382 g/mol. The Hall–Kier alpha value is -2.97. The molecular weight excluding hydrogens is 364 g/mol. The van der Waals surface area contributed by atoms with E-state index < -0.39 is 0 Å². The Balaban J connectivity index is 1.56. The van der Waals surface area contributed by atoms with Crippen LogP contribution in [-0.4, -0.2) is 38.1 Å². The van der Waals surface area contributed by atoms with Crippen LogP contribution < -0.4 is 9.61 Å². The van der Waals surface area contributed by atoms with Gasteiger partial charge in [0.2, 0.25) is 0 Å². The number of hydrogen-bond donors (Lipinski definition) is 2. The molecule has 0 aliphatic carbocycles. The monoisotopic (exact) mass is 382 g/mol. The number of aromatic nitrogens is 4. The molecule has 7 nitrogen and oxygen atoms in total. The summed E-state index contributed by atoms with van der Waals surface area (Å²) in [5.41, 5.74) is 2.88. The van der Waals surface area contributed by atoms with Gasteiger partial charge >= 0.3 is 4.87 Å². The fourth-order valence-electron chi connectivity index (χ4n) is 2.86. The van der Waals surface area contributed by atoms with Crippen molar-refractivity contribution < 1.29 is 9.84 Å². The number of pyridine rings is 1. The molecule has 0 bridgehead atoms. The lowest BCUT2D eigenvalue weighted by molar-refractivity contribution is 0.201. The molecule has 0 saturated heterocycles. The highest BCUT2D eigenvalue weighted by atomic mass is 32.1. The van der Waals surface area contributed by atoms with Gasteiger partial charge in [0, 0.05) is 12.1 Å². The minimum absolute atomic E-state index is 0.0341. The molecule has 3 aromatic heterocycles. The fourth-order valence-corrected chi connectivity index (χ4v) is 3.64. The van der Waals surface area contributed by atoms with Gasteiger partial charge in [-0.3, -0.25) is 4.79 Å². The third-order valence-electron chi connectivity index (χ3n) is 4.31. The number of aliphatic hydroxyl groups is 1. The van der Waals surface area contributed by atoms with Gasteiger partial charge in [-0.05, 0) is 35.9 Å². The molecule has 0 fully saturated rings. The smallest absolute Gasteiger partial charge is 0.305 e. The largest absolute Gasteiger partial charge is 0.490 e. The molecular formula is C19H18N4O3S. The third kappa shape index (κ3) is 3.62. The highest BCUT2D eigenvalue weighted by Gasteiger charge is 2.14. The lowest BCUT2D eigenvalue weighted by Gasteiger charge is -2.09. The van der Waals surface area contributed by atoms with E-state index in [1.54, 1.807) is 16.9 Å². The summed E-state index contributed by atoms with van der Waals surface area (Å²) < 4.78 is 7.98. The molecule has 3 heterocycles. The molecule has 0 aliphatic heterocycles. The zero-order valence-corrected chi connectivity index (χ0v) is 15.4. The van der Waals surface area contributed by atoms with E-state index in [2.05, 4.69) is 22.0 Å². The van der Waals surface area contributed by atoms with E-state index >= 15 is 0 Å². The van der Waals surface area contributed by atoms with Crippen molar-refractivity contribution in [3.63, 3.8) is 0 Å². The van der Waals surface area contributed by atoms with Crippen molar-refractivity contribution in [1.29, 1.82) is 0 Å². The summed E-state index contributed by atoms with van der Waals surface area (Å²) in [5.74, 6) is 1.37. The minimum atomic E-state index is -0.0448. The molecule has 2 N–H and O–H groups in total. The van der Waals surface area contributed by atoms with Gasteiger partial charge < -0.3 is 14.8 Å². The number of nitrogens with zero attached hydrogens (tertiary/aromatic N) is 3. The summed E-state index contributed by atoms with van der Waals surface area (Å²) in [6, 6.07) is 11.6. The van der Waals surface area contributed by atoms with Crippen molar-refractivity contribution >= 4 is 21.6 Å². The predicted molar refractivity (Wildman–Crippen MR) is 104 cm³/mol. The summed E-state index contributed by atoms with van der Waals surface area (Å²) in [5, 5.41) is 13.4. The molecule has 0 amide bonds. The van der Waals surface area contributed by atoms with Gasteiger partial charge in [0.1, 0.15) is 12.4 Å². The zero-order chi connectivity index (χ0) is 18.8. The molecule has 8 heteroatoms. The Morgan fingerprint density at radius 2 is 2.19 bits per heavy atom. The molecule has 1 atom stereocenters. The molecule has 4 rings (SSSR count).